The van der Waals surface area contributed by atoms with Crippen molar-refractivity contribution in [2.45, 2.75) is 25.8 Å². The molecule has 0 radical (unpaired) electrons. The number of nitrogens with zero attached hydrogens (tertiary/aromatic N) is 4. The Morgan fingerprint density at radius 3 is 2.93 bits per heavy atom. The van der Waals surface area contributed by atoms with E-state index in [-0.39, 0.29) is 18.3 Å². The molecule has 2 fully saturated rings. The fourth-order valence-electron chi connectivity index (χ4n) is 4.21. The van der Waals surface area contributed by atoms with Crippen LogP contribution in [0.4, 0.5) is 10.2 Å². The fourth-order valence-corrected chi connectivity index (χ4v) is 4.21. The topological polar surface area (TPSA) is 58.6 Å². The first-order valence-electron chi connectivity index (χ1n) is 9.24. The van der Waals surface area contributed by atoms with E-state index in [1.807, 2.05) is 0 Å². The number of hydrogen-bond donors (Lipinski definition) is 0. The van der Waals surface area contributed by atoms with Gasteiger partial charge in [-0.05, 0) is 37.5 Å². The lowest BCUT2D eigenvalue weighted by Crippen LogP contribution is -2.49. The number of aromatic nitrogens is 2. The van der Waals surface area contributed by atoms with Crippen molar-refractivity contribution in [3.63, 3.8) is 0 Å². The number of halogens is 1. The first-order valence-corrected chi connectivity index (χ1v) is 9.24. The molecule has 1 aromatic heterocycles. The molecule has 1 unspecified atom stereocenters. The molecule has 3 heterocycles. The van der Waals surface area contributed by atoms with Crippen molar-refractivity contribution in [3.8, 4) is 5.75 Å². The molecule has 1 amide bonds. The van der Waals surface area contributed by atoms with E-state index >= 15 is 0 Å². The highest BCUT2D eigenvalue weighted by molar-refractivity contribution is 5.85. The third-order valence-electron chi connectivity index (χ3n) is 5.67. The Balaban J connectivity index is 1.52. The zero-order valence-electron chi connectivity index (χ0n) is 15.4. The van der Waals surface area contributed by atoms with E-state index in [0.29, 0.717) is 24.4 Å². The Bertz CT molecular complexity index is 832. The van der Waals surface area contributed by atoms with E-state index in [1.54, 1.807) is 42.7 Å². The average Bonchev–Trinajstić information content (AvgIpc) is 3.13. The standard InChI is InChI=1S/C20H23FN4O2/c1-27-16-3-4-17(21)15(11-16)13-24-9-2-5-20(19(24)26)6-10-25(14-20)18-12-22-7-8-23-18/h3-4,7-8,11-12H,2,5-6,9-10,13-14H2,1H3. The number of hydrogen-bond acceptors (Lipinski definition) is 5. The van der Waals surface area contributed by atoms with Gasteiger partial charge in [0.2, 0.25) is 5.91 Å². The summed E-state index contributed by atoms with van der Waals surface area (Å²) in [6, 6.07) is 4.65. The average molecular weight is 370 g/mol. The van der Waals surface area contributed by atoms with Crippen molar-refractivity contribution in [2.24, 2.45) is 5.41 Å². The number of carbonyl (C=O) groups is 1. The Morgan fingerprint density at radius 2 is 2.15 bits per heavy atom. The van der Waals surface area contributed by atoms with Gasteiger partial charge in [0.1, 0.15) is 17.4 Å². The monoisotopic (exact) mass is 370 g/mol. The van der Waals surface area contributed by atoms with Crippen LogP contribution in [0.15, 0.2) is 36.8 Å². The van der Waals surface area contributed by atoms with Crippen LogP contribution in [0.2, 0.25) is 0 Å². The zero-order valence-corrected chi connectivity index (χ0v) is 15.4. The van der Waals surface area contributed by atoms with Crippen LogP contribution in [0.25, 0.3) is 0 Å². The van der Waals surface area contributed by atoms with Crippen molar-refractivity contribution < 1.29 is 13.9 Å². The minimum atomic E-state index is -0.412. The fraction of sp³-hybridized carbons (Fsp3) is 0.450. The molecule has 2 saturated heterocycles. The second-order valence-corrected chi connectivity index (χ2v) is 7.30. The van der Waals surface area contributed by atoms with Crippen molar-refractivity contribution in [2.75, 3.05) is 31.6 Å². The third-order valence-corrected chi connectivity index (χ3v) is 5.67. The van der Waals surface area contributed by atoms with E-state index in [0.717, 1.165) is 31.6 Å². The highest BCUT2D eigenvalue weighted by Crippen LogP contribution is 2.41. The Morgan fingerprint density at radius 1 is 1.26 bits per heavy atom. The highest BCUT2D eigenvalue weighted by atomic mass is 19.1. The Hall–Kier alpha value is -2.70. The maximum Gasteiger partial charge on any atom is 0.230 e. The molecule has 1 spiro atoms. The number of likely N-dealkylation sites (tertiary alicyclic amines) is 1. The van der Waals surface area contributed by atoms with Gasteiger partial charge in [0.15, 0.2) is 0 Å². The number of piperidine rings is 1. The predicted molar refractivity (Wildman–Crippen MR) is 98.9 cm³/mol. The summed E-state index contributed by atoms with van der Waals surface area (Å²) in [7, 11) is 1.55. The summed E-state index contributed by atoms with van der Waals surface area (Å²) in [5.74, 6) is 1.21. The summed E-state index contributed by atoms with van der Waals surface area (Å²) < 4.78 is 19.4. The quantitative estimate of drug-likeness (QED) is 0.828. The molecular weight excluding hydrogens is 347 g/mol. The smallest absolute Gasteiger partial charge is 0.230 e. The Kier molecular flexibility index (Phi) is 4.68. The molecule has 0 aliphatic carbocycles. The molecule has 1 atom stereocenters. The number of carbonyl (C=O) groups excluding carboxylic acids is 1. The highest BCUT2D eigenvalue weighted by Gasteiger charge is 2.48. The summed E-state index contributed by atoms with van der Waals surface area (Å²) in [5, 5.41) is 0. The van der Waals surface area contributed by atoms with Gasteiger partial charge in [-0.15, -0.1) is 0 Å². The maximum absolute atomic E-state index is 14.2. The lowest BCUT2D eigenvalue weighted by atomic mass is 9.78. The van der Waals surface area contributed by atoms with Crippen LogP contribution in [0.3, 0.4) is 0 Å². The van der Waals surface area contributed by atoms with Crippen molar-refractivity contribution in [3.05, 3.63) is 48.2 Å². The van der Waals surface area contributed by atoms with Crippen LogP contribution in [0, 0.1) is 11.2 Å². The van der Waals surface area contributed by atoms with Crippen LogP contribution in [0.1, 0.15) is 24.8 Å². The molecule has 142 valence electrons. The first-order chi connectivity index (χ1) is 13.1. The largest absolute Gasteiger partial charge is 0.497 e. The van der Waals surface area contributed by atoms with Crippen LogP contribution >= 0.6 is 0 Å². The number of benzene rings is 1. The minimum Gasteiger partial charge on any atom is -0.497 e. The van der Waals surface area contributed by atoms with Gasteiger partial charge in [-0.3, -0.25) is 9.78 Å². The number of amides is 1. The normalized spacial score (nSPS) is 22.5. The van der Waals surface area contributed by atoms with Gasteiger partial charge in [0.05, 0.1) is 18.7 Å². The van der Waals surface area contributed by atoms with Crippen molar-refractivity contribution >= 4 is 11.7 Å². The molecular formula is C20H23FN4O2. The predicted octanol–water partition coefficient (Wildman–Crippen LogP) is 2.64. The molecule has 0 bridgehead atoms. The lowest BCUT2D eigenvalue weighted by Gasteiger charge is -2.39. The molecule has 0 N–H and O–H groups in total. The number of ether oxygens (including phenoxy) is 1. The van der Waals surface area contributed by atoms with Crippen LogP contribution in [-0.4, -0.2) is 47.5 Å². The summed E-state index contributed by atoms with van der Waals surface area (Å²) >= 11 is 0. The first kappa shape index (κ1) is 17.7. The van der Waals surface area contributed by atoms with Gasteiger partial charge in [0.25, 0.3) is 0 Å². The van der Waals surface area contributed by atoms with Crippen LogP contribution in [0.5, 0.6) is 5.75 Å². The third kappa shape index (κ3) is 3.34. The lowest BCUT2D eigenvalue weighted by molar-refractivity contribution is -0.145. The molecule has 2 aliphatic heterocycles. The summed E-state index contributed by atoms with van der Waals surface area (Å²) in [6.07, 6.45) is 7.62. The number of rotatable bonds is 4. The van der Waals surface area contributed by atoms with Gasteiger partial charge < -0.3 is 14.5 Å². The van der Waals surface area contributed by atoms with E-state index in [4.69, 9.17) is 4.74 Å². The van der Waals surface area contributed by atoms with E-state index < -0.39 is 5.41 Å². The number of anilines is 1. The summed E-state index contributed by atoms with van der Waals surface area (Å²) in [6.45, 7) is 2.35. The van der Waals surface area contributed by atoms with Gasteiger partial charge in [-0.25, -0.2) is 9.37 Å². The SMILES string of the molecule is COc1ccc(F)c(CN2CCCC3(CCN(c4cnccn4)C3)C2=O)c1. The van der Waals surface area contributed by atoms with E-state index in [2.05, 4.69) is 14.9 Å². The van der Waals surface area contributed by atoms with Gasteiger partial charge >= 0.3 is 0 Å². The summed E-state index contributed by atoms with van der Waals surface area (Å²) in [5.41, 5.74) is 0.0778. The van der Waals surface area contributed by atoms with Crippen LogP contribution in [-0.2, 0) is 11.3 Å². The van der Waals surface area contributed by atoms with E-state index in [1.165, 1.54) is 6.07 Å². The molecule has 6 nitrogen and oxygen atoms in total. The van der Waals surface area contributed by atoms with E-state index in [9.17, 15) is 9.18 Å². The van der Waals surface area contributed by atoms with Crippen LogP contribution < -0.4 is 9.64 Å². The minimum absolute atomic E-state index is 0.113. The molecule has 0 saturated carbocycles. The molecule has 2 aromatic rings. The van der Waals surface area contributed by atoms with Crippen molar-refractivity contribution in [1.29, 1.82) is 0 Å². The van der Waals surface area contributed by atoms with Gasteiger partial charge in [-0.2, -0.15) is 0 Å². The molecule has 4 rings (SSSR count). The molecule has 7 heteroatoms. The molecule has 27 heavy (non-hydrogen) atoms. The second kappa shape index (κ2) is 7.13. The second-order valence-electron chi connectivity index (χ2n) is 7.30. The zero-order chi connectivity index (χ0) is 18.9. The Labute approximate surface area is 158 Å². The van der Waals surface area contributed by atoms with Gasteiger partial charge in [-0.1, -0.05) is 0 Å². The van der Waals surface area contributed by atoms with Gasteiger partial charge in [0, 0.05) is 44.1 Å². The maximum atomic E-state index is 14.2. The number of methoxy groups -OCH3 is 1. The molecule has 2 aliphatic rings. The van der Waals surface area contributed by atoms with Crippen molar-refractivity contribution in [1.82, 2.24) is 14.9 Å². The summed E-state index contributed by atoms with van der Waals surface area (Å²) in [4.78, 5) is 25.7. The molecule has 1 aromatic carbocycles.